The molecule has 3 aromatic rings. The Morgan fingerprint density at radius 3 is 2.87 bits per heavy atom. The molecule has 2 aromatic heterocycles. The topological polar surface area (TPSA) is 55.0 Å². The number of hydrogen-bond donors (Lipinski definition) is 1. The van der Waals surface area contributed by atoms with Gasteiger partial charge in [-0.05, 0) is 30.7 Å². The predicted molar refractivity (Wildman–Crippen MR) is 80.9 cm³/mol. The number of halogens is 2. The van der Waals surface area contributed by atoms with Gasteiger partial charge in [0, 0.05) is 29.4 Å². The van der Waals surface area contributed by atoms with Gasteiger partial charge in [-0.1, -0.05) is 6.92 Å². The van der Waals surface area contributed by atoms with Crippen molar-refractivity contribution in [2.45, 2.75) is 19.4 Å². The van der Waals surface area contributed by atoms with Crippen LogP contribution in [0, 0.1) is 11.6 Å². The third-order valence-electron chi connectivity index (χ3n) is 3.61. The number of hydrogen-bond acceptors (Lipinski definition) is 3. The smallest absolute Gasteiger partial charge is 0.339 e. The molecule has 1 aromatic carbocycles. The van der Waals surface area contributed by atoms with E-state index in [2.05, 4.69) is 9.97 Å². The highest BCUT2D eigenvalue weighted by Gasteiger charge is 2.21. The Kier molecular flexibility index (Phi) is 4.06. The van der Waals surface area contributed by atoms with Crippen molar-refractivity contribution in [3.63, 3.8) is 0 Å². The van der Waals surface area contributed by atoms with E-state index in [4.69, 9.17) is 4.74 Å². The minimum absolute atomic E-state index is 0.154. The summed E-state index contributed by atoms with van der Waals surface area (Å²) in [5.74, 6) is -1.98. The van der Waals surface area contributed by atoms with Crippen molar-refractivity contribution in [3.8, 4) is 0 Å². The monoisotopic (exact) mass is 316 g/mol. The number of carbonyl (C=O) groups excluding carboxylic acids is 1. The number of pyridine rings is 1. The number of H-pyrrole nitrogens is 1. The molecule has 0 aliphatic carbocycles. The Morgan fingerprint density at radius 1 is 1.30 bits per heavy atom. The van der Waals surface area contributed by atoms with Crippen molar-refractivity contribution in [2.24, 2.45) is 0 Å². The Bertz CT molecular complexity index is 861. The van der Waals surface area contributed by atoms with Crippen molar-refractivity contribution < 1.29 is 18.3 Å². The maximum Gasteiger partial charge on any atom is 0.339 e. The summed E-state index contributed by atoms with van der Waals surface area (Å²) in [7, 11) is 0. The lowest BCUT2D eigenvalue weighted by molar-refractivity contribution is 0.0282. The maximum absolute atomic E-state index is 13.9. The number of rotatable bonds is 4. The first-order valence-corrected chi connectivity index (χ1v) is 7.18. The summed E-state index contributed by atoms with van der Waals surface area (Å²) >= 11 is 0. The van der Waals surface area contributed by atoms with Crippen LogP contribution in [0.2, 0.25) is 0 Å². The van der Waals surface area contributed by atoms with E-state index >= 15 is 0 Å². The van der Waals surface area contributed by atoms with Crippen LogP contribution in [0.1, 0.15) is 35.4 Å². The number of fused-ring (bicyclic) bond motifs is 1. The minimum atomic E-state index is -0.787. The maximum atomic E-state index is 13.9. The molecule has 4 nitrogen and oxygen atoms in total. The number of nitrogens with one attached hydrogen (secondary N) is 1. The average molecular weight is 316 g/mol. The third-order valence-corrected chi connectivity index (χ3v) is 3.61. The highest BCUT2D eigenvalue weighted by molar-refractivity contribution is 6.02. The van der Waals surface area contributed by atoms with E-state index in [-0.39, 0.29) is 5.56 Å². The Labute approximate surface area is 131 Å². The molecule has 2 heterocycles. The number of aromatic amines is 1. The lowest BCUT2D eigenvalue weighted by atomic mass is 10.1. The number of carbonyl (C=O) groups is 1. The van der Waals surface area contributed by atoms with E-state index in [0.717, 1.165) is 12.1 Å². The first-order chi connectivity index (χ1) is 11.1. The standard InChI is InChI=1S/C17H14F2N2O2/c1-2-15(13-4-3-10(18)9-14(13)19)23-17(22)12-6-8-21-16-11(12)5-7-20-16/h3-9,15H,2H2,1H3,(H,20,21). The van der Waals surface area contributed by atoms with Crippen LogP contribution in [-0.4, -0.2) is 15.9 Å². The third kappa shape index (κ3) is 2.92. The zero-order valence-corrected chi connectivity index (χ0v) is 12.3. The number of ether oxygens (including phenoxy) is 1. The van der Waals surface area contributed by atoms with Crippen LogP contribution >= 0.6 is 0 Å². The first kappa shape index (κ1) is 15.1. The molecule has 0 aliphatic rings. The Hall–Kier alpha value is -2.76. The van der Waals surface area contributed by atoms with Gasteiger partial charge in [0.15, 0.2) is 0 Å². The molecule has 23 heavy (non-hydrogen) atoms. The fraction of sp³-hybridized carbons (Fsp3) is 0.176. The minimum Gasteiger partial charge on any atom is -0.454 e. The van der Waals surface area contributed by atoms with Gasteiger partial charge in [-0.2, -0.15) is 0 Å². The van der Waals surface area contributed by atoms with Gasteiger partial charge < -0.3 is 9.72 Å². The quantitative estimate of drug-likeness (QED) is 0.736. The van der Waals surface area contributed by atoms with Crippen LogP contribution in [0.4, 0.5) is 8.78 Å². The van der Waals surface area contributed by atoms with Gasteiger partial charge in [0.2, 0.25) is 0 Å². The first-order valence-electron chi connectivity index (χ1n) is 7.18. The van der Waals surface area contributed by atoms with Gasteiger partial charge in [0.05, 0.1) is 5.56 Å². The summed E-state index contributed by atoms with van der Waals surface area (Å²) in [5.41, 5.74) is 1.07. The number of aromatic nitrogens is 2. The molecule has 6 heteroatoms. The second kappa shape index (κ2) is 6.16. The molecule has 0 amide bonds. The molecule has 0 aliphatic heterocycles. The van der Waals surface area contributed by atoms with Gasteiger partial charge in [0.1, 0.15) is 23.4 Å². The molecule has 3 rings (SSSR count). The van der Waals surface area contributed by atoms with Gasteiger partial charge in [-0.3, -0.25) is 0 Å². The highest BCUT2D eigenvalue weighted by Crippen LogP contribution is 2.27. The largest absolute Gasteiger partial charge is 0.454 e. The molecule has 0 saturated heterocycles. The van der Waals surface area contributed by atoms with Crippen LogP contribution in [-0.2, 0) is 4.74 Å². The predicted octanol–water partition coefficient (Wildman–Crippen LogP) is 4.15. The summed E-state index contributed by atoms with van der Waals surface area (Å²) in [6.45, 7) is 1.76. The van der Waals surface area contributed by atoms with Crippen molar-refractivity contribution in [1.82, 2.24) is 9.97 Å². The van der Waals surface area contributed by atoms with Crippen molar-refractivity contribution >= 4 is 17.0 Å². The fourth-order valence-electron chi connectivity index (χ4n) is 2.46. The summed E-state index contributed by atoms with van der Waals surface area (Å²) < 4.78 is 32.3. The van der Waals surface area contributed by atoms with Gasteiger partial charge in [-0.25, -0.2) is 18.6 Å². The average Bonchev–Trinajstić information content (AvgIpc) is 3.01. The lowest BCUT2D eigenvalue weighted by Gasteiger charge is -2.17. The van der Waals surface area contributed by atoms with Crippen molar-refractivity contribution in [1.29, 1.82) is 0 Å². The molecule has 0 radical (unpaired) electrons. The fourth-order valence-corrected chi connectivity index (χ4v) is 2.46. The van der Waals surface area contributed by atoms with E-state index < -0.39 is 23.7 Å². The molecule has 0 saturated carbocycles. The zero-order valence-electron chi connectivity index (χ0n) is 12.3. The second-order valence-corrected chi connectivity index (χ2v) is 5.07. The molecule has 1 unspecified atom stereocenters. The normalized spacial score (nSPS) is 12.3. The van der Waals surface area contributed by atoms with E-state index in [9.17, 15) is 13.6 Å². The van der Waals surface area contributed by atoms with Crippen molar-refractivity contribution in [2.75, 3.05) is 0 Å². The number of nitrogens with zero attached hydrogens (tertiary/aromatic N) is 1. The van der Waals surface area contributed by atoms with E-state index in [1.165, 1.54) is 12.3 Å². The highest BCUT2D eigenvalue weighted by atomic mass is 19.1. The van der Waals surface area contributed by atoms with Crippen LogP contribution in [0.15, 0.2) is 42.7 Å². The zero-order chi connectivity index (χ0) is 16.4. The Balaban J connectivity index is 1.89. The molecular weight excluding hydrogens is 302 g/mol. The van der Waals surface area contributed by atoms with E-state index in [1.807, 2.05) is 0 Å². The van der Waals surface area contributed by atoms with Gasteiger partial charge in [-0.15, -0.1) is 0 Å². The number of benzene rings is 1. The second-order valence-electron chi connectivity index (χ2n) is 5.07. The Morgan fingerprint density at radius 2 is 2.13 bits per heavy atom. The lowest BCUT2D eigenvalue weighted by Crippen LogP contribution is -2.13. The summed E-state index contributed by atoms with van der Waals surface area (Å²) in [6, 6.07) is 6.49. The van der Waals surface area contributed by atoms with Gasteiger partial charge in [0.25, 0.3) is 0 Å². The summed E-state index contributed by atoms with van der Waals surface area (Å²) in [4.78, 5) is 19.4. The van der Waals surface area contributed by atoms with E-state index in [0.29, 0.717) is 23.0 Å². The van der Waals surface area contributed by atoms with Gasteiger partial charge >= 0.3 is 5.97 Å². The van der Waals surface area contributed by atoms with E-state index in [1.54, 1.807) is 25.3 Å². The molecule has 1 N–H and O–H groups in total. The molecule has 0 bridgehead atoms. The van der Waals surface area contributed by atoms with Crippen LogP contribution in [0.3, 0.4) is 0 Å². The molecule has 0 fully saturated rings. The molecule has 1 atom stereocenters. The summed E-state index contributed by atoms with van der Waals surface area (Å²) in [6.07, 6.45) is 2.75. The van der Waals surface area contributed by atoms with Crippen LogP contribution in [0.25, 0.3) is 11.0 Å². The van der Waals surface area contributed by atoms with Crippen LogP contribution in [0.5, 0.6) is 0 Å². The molecular formula is C17H14F2N2O2. The SMILES string of the molecule is CCC(OC(=O)c1ccnc2[nH]ccc12)c1ccc(F)cc1F. The molecule has 118 valence electrons. The van der Waals surface area contributed by atoms with Crippen molar-refractivity contribution in [3.05, 3.63) is 65.5 Å². The summed E-state index contributed by atoms with van der Waals surface area (Å²) in [5, 5.41) is 0.631. The van der Waals surface area contributed by atoms with Crippen LogP contribution < -0.4 is 0 Å². The molecule has 0 spiro atoms. The number of esters is 1.